The molecule has 0 aliphatic heterocycles. The minimum Gasteiger partial charge on any atom is -0.462 e. The molecule has 0 saturated carbocycles. The number of aryl methyl sites for hydroxylation is 1. The second-order valence-corrected chi connectivity index (χ2v) is 10.4. The van der Waals surface area contributed by atoms with Gasteiger partial charge >= 0.3 is 11.9 Å². The average Bonchev–Trinajstić information content (AvgIpc) is 3.10. The number of anilines is 2. The molecule has 1 aromatic carbocycles. The first kappa shape index (κ1) is 24.7. The molecular weight excluding hydrogens is 468 g/mol. The zero-order chi connectivity index (χ0) is 24.2. The largest absolute Gasteiger partial charge is 0.462 e. The summed E-state index contributed by atoms with van der Waals surface area (Å²) in [6.45, 7) is 3.33. The van der Waals surface area contributed by atoms with Gasteiger partial charge in [0, 0.05) is 4.88 Å². The van der Waals surface area contributed by atoms with Crippen LogP contribution in [0.4, 0.5) is 10.7 Å². The van der Waals surface area contributed by atoms with Crippen LogP contribution in [0, 0.1) is 0 Å². The molecule has 1 amide bonds. The highest BCUT2D eigenvalue weighted by molar-refractivity contribution is 7.92. The van der Waals surface area contributed by atoms with Gasteiger partial charge in [-0.3, -0.25) is 9.52 Å². The molecule has 2 N–H and O–H groups in total. The Morgan fingerprint density at radius 3 is 2.52 bits per heavy atom. The third kappa shape index (κ3) is 6.11. The number of carbonyl (C=O) groups is 3. The first-order valence-corrected chi connectivity index (χ1v) is 13.2. The quantitative estimate of drug-likeness (QED) is 0.539. The van der Waals surface area contributed by atoms with E-state index in [1.165, 1.54) is 30.4 Å². The molecule has 2 aromatic rings. The molecule has 1 atom stereocenters. The molecule has 9 nitrogen and oxygen atoms in total. The predicted octanol–water partition coefficient (Wildman–Crippen LogP) is 3.36. The van der Waals surface area contributed by atoms with Crippen LogP contribution in [0.3, 0.4) is 0 Å². The van der Waals surface area contributed by atoms with Gasteiger partial charge in [0.1, 0.15) is 5.00 Å². The zero-order valence-electron chi connectivity index (χ0n) is 18.6. The molecule has 33 heavy (non-hydrogen) atoms. The van der Waals surface area contributed by atoms with Crippen molar-refractivity contribution in [2.24, 2.45) is 0 Å². The van der Waals surface area contributed by atoms with Crippen LogP contribution in [-0.2, 0) is 37.1 Å². The number of ether oxygens (including phenoxy) is 2. The Labute approximate surface area is 196 Å². The number of hydrogen-bond donors (Lipinski definition) is 2. The molecule has 0 spiro atoms. The Hall–Kier alpha value is -2.92. The predicted molar refractivity (Wildman–Crippen MR) is 125 cm³/mol. The molecule has 1 heterocycles. The smallest absolute Gasteiger partial charge is 0.341 e. The van der Waals surface area contributed by atoms with Crippen LogP contribution < -0.4 is 10.0 Å². The number of sulfonamides is 1. The fourth-order valence-corrected chi connectivity index (χ4v) is 5.37. The maximum atomic E-state index is 12.8. The number of fused-ring (bicyclic) bond motifs is 1. The number of hydrogen-bond acceptors (Lipinski definition) is 8. The van der Waals surface area contributed by atoms with Crippen molar-refractivity contribution in [3.8, 4) is 0 Å². The van der Waals surface area contributed by atoms with E-state index in [0.717, 1.165) is 42.4 Å². The van der Waals surface area contributed by atoms with Crippen LogP contribution >= 0.6 is 11.3 Å². The highest BCUT2D eigenvalue weighted by Crippen LogP contribution is 2.38. The van der Waals surface area contributed by atoms with Crippen LogP contribution in [0.1, 0.15) is 57.8 Å². The van der Waals surface area contributed by atoms with E-state index in [9.17, 15) is 22.8 Å². The van der Waals surface area contributed by atoms with Gasteiger partial charge in [0.25, 0.3) is 5.91 Å². The number of carbonyl (C=O) groups excluding carboxylic acids is 3. The number of benzene rings is 1. The molecule has 3 rings (SSSR count). The lowest BCUT2D eigenvalue weighted by atomic mass is 9.95. The maximum absolute atomic E-state index is 12.8. The van der Waals surface area contributed by atoms with Gasteiger partial charge in [-0.05, 0) is 57.2 Å². The number of nitrogens with one attached hydrogen (secondary N) is 2. The first-order valence-electron chi connectivity index (χ1n) is 10.5. The highest BCUT2D eigenvalue weighted by Gasteiger charge is 2.29. The van der Waals surface area contributed by atoms with Crippen LogP contribution in [0.5, 0.6) is 0 Å². The molecular formula is C22H26N2O7S2. The van der Waals surface area contributed by atoms with Crippen LogP contribution in [0.2, 0.25) is 0 Å². The minimum absolute atomic E-state index is 0.0265. The molecule has 1 aliphatic carbocycles. The van der Waals surface area contributed by atoms with E-state index in [2.05, 4.69) is 10.0 Å². The summed E-state index contributed by atoms with van der Waals surface area (Å²) >= 11 is 1.34. The summed E-state index contributed by atoms with van der Waals surface area (Å²) < 4.78 is 35.8. The lowest BCUT2D eigenvalue weighted by Gasteiger charge is -2.15. The summed E-state index contributed by atoms with van der Waals surface area (Å²) in [4.78, 5) is 39.0. The Kier molecular flexibility index (Phi) is 7.75. The van der Waals surface area contributed by atoms with Crippen molar-refractivity contribution in [1.29, 1.82) is 0 Å². The summed E-state index contributed by atoms with van der Waals surface area (Å²) in [5.41, 5.74) is 1.30. The van der Waals surface area contributed by atoms with Gasteiger partial charge in [-0.2, -0.15) is 0 Å². The number of para-hydroxylation sites is 1. The Morgan fingerprint density at radius 1 is 1.12 bits per heavy atom. The topological polar surface area (TPSA) is 128 Å². The summed E-state index contributed by atoms with van der Waals surface area (Å²) in [6, 6.07) is 5.93. The van der Waals surface area contributed by atoms with Gasteiger partial charge in [0.15, 0.2) is 6.10 Å². The molecule has 0 saturated heterocycles. The number of esters is 2. The Bertz CT molecular complexity index is 1170. The van der Waals surface area contributed by atoms with Crippen molar-refractivity contribution in [2.75, 3.05) is 22.9 Å². The van der Waals surface area contributed by atoms with Gasteiger partial charge in [0.2, 0.25) is 10.0 Å². The standard InChI is InChI=1S/C22H26N2O7S2/c1-4-30-22(27)18-15-10-6-8-12-17(15)32-20(18)23-19(25)13(2)31-21(26)14-9-5-7-11-16(14)24-33(3,28)29/h5,7,9,11,13,24H,4,6,8,10,12H2,1-3H3,(H,23,25). The summed E-state index contributed by atoms with van der Waals surface area (Å²) in [5.74, 6) is -1.96. The second kappa shape index (κ2) is 10.3. The molecule has 178 valence electrons. The fourth-order valence-electron chi connectivity index (χ4n) is 3.51. The van der Waals surface area contributed by atoms with Crippen molar-refractivity contribution in [2.45, 2.75) is 45.6 Å². The normalized spacial score (nSPS) is 14.0. The van der Waals surface area contributed by atoms with E-state index < -0.39 is 34.0 Å². The monoisotopic (exact) mass is 494 g/mol. The van der Waals surface area contributed by atoms with E-state index >= 15 is 0 Å². The molecule has 1 aromatic heterocycles. The van der Waals surface area contributed by atoms with E-state index in [1.54, 1.807) is 19.1 Å². The summed E-state index contributed by atoms with van der Waals surface area (Å²) in [6.07, 6.45) is 3.31. The second-order valence-electron chi connectivity index (χ2n) is 7.59. The number of thiophene rings is 1. The Morgan fingerprint density at radius 2 is 1.82 bits per heavy atom. The van der Waals surface area contributed by atoms with Crippen molar-refractivity contribution in [3.63, 3.8) is 0 Å². The zero-order valence-corrected chi connectivity index (χ0v) is 20.2. The fraction of sp³-hybridized carbons (Fsp3) is 0.409. The van der Waals surface area contributed by atoms with Gasteiger partial charge in [-0.15, -0.1) is 11.3 Å². The lowest BCUT2D eigenvalue weighted by molar-refractivity contribution is -0.123. The third-order valence-corrected chi connectivity index (χ3v) is 6.78. The maximum Gasteiger partial charge on any atom is 0.341 e. The van der Waals surface area contributed by atoms with Crippen molar-refractivity contribution in [3.05, 3.63) is 45.8 Å². The van der Waals surface area contributed by atoms with Gasteiger partial charge in [-0.1, -0.05) is 12.1 Å². The van der Waals surface area contributed by atoms with Crippen LogP contribution in [-0.4, -0.2) is 45.2 Å². The molecule has 11 heteroatoms. The van der Waals surface area contributed by atoms with Gasteiger partial charge in [-0.25, -0.2) is 18.0 Å². The lowest BCUT2D eigenvalue weighted by Crippen LogP contribution is -2.30. The SMILES string of the molecule is CCOC(=O)c1c(NC(=O)C(C)OC(=O)c2ccccc2NS(C)(=O)=O)sc2c1CCCC2. The van der Waals surface area contributed by atoms with E-state index in [4.69, 9.17) is 9.47 Å². The number of rotatable bonds is 8. The highest BCUT2D eigenvalue weighted by atomic mass is 32.2. The average molecular weight is 495 g/mol. The minimum atomic E-state index is -3.62. The first-order chi connectivity index (χ1) is 15.6. The van der Waals surface area contributed by atoms with E-state index in [-0.39, 0.29) is 17.9 Å². The van der Waals surface area contributed by atoms with E-state index in [0.29, 0.717) is 10.6 Å². The van der Waals surface area contributed by atoms with Crippen LogP contribution in [0.15, 0.2) is 24.3 Å². The number of amides is 1. The van der Waals surface area contributed by atoms with Crippen molar-refractivity contribution >= 4 is 49.9 Å². The molecule has 1 unspecified atom stereocenters. The molecule has 1 aliphatic rings. The van der Waals surface area contributed by atoms with Gasteiger partial charge in [0.05, 0.1) is 29.7 Å². The molecule has 0 radical (unpaired) electrons. The van der Waals surface area contributed by atoms with Gasteiger partial charge < -0.3 is 14.8 Å². The van der Waals surface area contributed by atoms with Crippen LogP contribution in [0.25, 0.3) is 0 Å². The Balaban J connectivity index is 1.76. The van der Waals surface area contributed by atoms with E-state index in [1.807, 2.05) is 0 Å². The molecule has 0 fully saturated rings. The molecule has 0 bridgehead atoms. The summed E-state index contributed by atoms with van der Waals surface area (Å²) in [5, 5.41) is 3.09. The van der Waals surface area contributed by atoms with Crippen molar-refractivity contribution < 1.29 is 32.3 Å². The van der Waals surface area contributed by atoms with Crippen molar-refractivity contribution in [1.82, 2.24) is 0 Å². The summed E-state index contributed by atoms with van der Waals surface area (Å²) in [7, 11) is -3.62. The third-order valence-electron chi connectivity index (χ3n) is 4.98.